The molecule has 7 nitrogen and oxygen atoms in total. The number of carbonyl (C=O) groups is 2. The van der Waals surface area contributed by atoms with Crippen molar-refractivity contribution in [2.45, 2.75) is 12.8 Å². The molecule has 2 aliphatic heterocycles. The standard InChI is InChI=1S/C19H23N3O4S/c1-25-14-4-3-5-15-16(14)20-19(27-15)22-10-13(11-22)17(23)21-8-6-12(7-9-21)18(24)26-2/h3-5,12-13H,6-11H2,1-2H3. The van der Waals surface area contributed by atoms with Crippen LogP contribution in [0.1, 0.15) is 12.8 Å². The summed E-state index contributed by atoms with van der Waals surface area (Å²) in [5, 5.41) is 0.933. The van der Waals surface area contributed by atoms with Gasteiger partial charge >= 0.3 is 5.97 Å². The molecule has 144 valence electrons. The Kier molecular flexibility index (Phi) is 4.90. The third-order valence-electron chi connectivity index (χ3n) is 5.43. The summed E-state index contributed by atoms with van der Waals surface area (Å²) in [6, 6.07) is 5.91. The van der Waals surface area contributed by atoms with Crippen molar-refractivity contribution in [3.63, 3.8) is 0 Å². The molecule has 2 aromatic rings. The van der Waals surface area contributed by atoms with Crippen molar-refractivity contribution >= 4 is 38.6 Å². The quantitative estimate of drug-likeness (QED) is 0.746. The van der Waals surface area contributed by atoms with Crippen LogP contribution in [-0.2, 0) is 14.3 Å². The lowest BCUT2D eigenvalue weighted by molar-refractivity contribution is -0.149. The van der Waals surface area contributed by atoms with Gasteiger partial charge in [-0.05, 0) is 25.0 Å². The first-order chi connectivity index (χ1) is 13.1. The van der Waals surface area contributed by atoms with Crippen LogP contribution >= 0.6 is 11.3 Å². The number of amides is 1. The predicted octanol–water partition coefficient (Wildman–Crippen LogP) is 2.15. The van der Waals surface area contributed by atoms with Gasteiger partial charge in [0.1, 0.15) is 11.3 Å². The summed E-state index contributed by atoms with van der Waals surface area (Å²) in [6.07, 6.45) is 1.37. The zero-order valence-corrected chi connectivity index (χ0v) is 16.3. The lowest BCUT2D eigenvalue weighted by atomic mass is 9.93. The second-order valence-electron chi connectivity index (χ2n) is 7.03. The minimum Gasteiger partial charge on any atom is -0.494 e. The molecule has 0 unspecified atom stereocenters. The molecule has 3 heterocycles. The van der Waals surface area contributed by atoms with E-state index in [9.17, 15) is 9.59 Å². The number of aromatic nitrogens is 1. The average molecular weight is 389 g/mol. The Bertz CT molecular complexity index is 854. The highest BCUT2D eigenvalue weighted by molar-refractivity contribution is 7.22. The van der Waals surface area contributed by atoms with E-state index in [1.807, 2.05) is 23.1 Å². The smallest absolute Gasteiger partial charge is 0.308 e. The zero-order chi connectivity index (χ0) is 19.0. The van der Waals surface area contributed by atoms with E-state index < -0.39 is 0 Å². The fourth-order valence-electron chi connectivity index (χ4n) is 3.76. The molecule has 27 heavy (non-hydrogen) atoms. The van der Waals surface area contributed by atoms with E-state index in [0.717, 1.165) is 21.1 Å². The monoisotopic (exact) mass is 389 g/mol. The number of hydrogen-bond donors (Lipinski definition) is 0. The number of fused-ring (bicyclic) bond motifs is 1. The topological polar surface area (TPSA) is 72.0 Å². The summed E-state index contributed by atoms with van der Waals surface area (Å²) in [5.41, 5.74) is 0.875. The predicted molar refractivity (Wildman–Crippen MR) is 103 cm³/mol. The molecule has 8 heteroatoms. The minimum absolute atomic E-state index is 0.00795. The van der Waals surface area contributed by atoms with Gasteiger partial charge in [-0.1, -0.05) is 17.4 Å². The molecule has 2 saturated heterocycles. The Morgan fingerprint density at radius 1 is 1.15 bits per heavy atom. The van der Waals surface area contributed by atoms with Crippen LogP contribution in [0.5, 0.6) is 5.75 Å². The maximum atomic E-state index is 12.7. The van der Waals surface area contributed by atoms with E-state index in [-0.39, 0.29) is 23.7 Å². The molecule has 0 bridgehead atoms. The largest absolute Gasteiger partial charge is 0.494 e. The van der Waals surface area contributed by atoms with Gasteiger partial charge in [0.25, 0.3) is 0 Å². The number of rotatable bonds is 4. The number of likely N-dealkylation sites (tertiary alicyclic amines) is 1. The number of para-hydroxylation sites is 1. The maximum absolute atomic E-state index is 12.7. The van der Waals surface area contributed by atoms with E-state index in [0.29, 0.717) is 39.0 Å². The maximum Gasteiger partial charge on any atom is 0.308 e. The van der Waals surface area contributed by atoms with Gasteiger partial charge in [-0.2, -0.15) is 0 Å². The van der Waals surface area contributed by atoms with Crippen molar-refractivity contribution in [2.75, 3.05) is 45.3 Å². The van der Waals surface area contributed by atoms with Crippen LogP contribution in [0.3, 0.4) is 0 Å². The number of ether oxygens (including phenoxy) is 2. The van der Waals surface area contributed by atoms with Crippen molar-refractivity contribution < 1.29 is 19.1 Å². The lowest BCUT2D eigenvalue weighted by Gasteiger charge is -2.41. The van der Waals surface area contributed by atoms with E-state index in [2.05, 4.69) is 4.90 Å². The number of methoxy groups -OCH3 is 2. The summed E-state index contributed by atoms with van der Waals surface area (Å²) >= 11 is 1.62. The first-order valence-corrected chi connectivity index (χ1v) is 9.97. The molecule has 0 radical (unpaired) electrons. The fraction of sp³-hybridized carbons (Fsp3) is 0.526. The summed E-state index contributed by atoms with van der Waals surface area (Å²) in [7, 11) is 3.07. The van der Waals surface area contributed by atoms with Gasteiger partial charge in [-0.3, -0.25) is 9.59 Å². The Balaban J connectivity index is 1.34. The summed E-state index contributed by atoms with van der Waals surface area (Å²) < 4.78 is 11.3. The fourth-order valence-corrected chi connectivity index (χ4v) is 4.76. The van der Waals surface area contributed by atoms with Gasteiger partial charge in [0, 0.05) is 26.2 Å². The molecular weight excluding hydrogens is 366 g/mol. The van der Waals surface area contributed by atoms with Crippen molar-refractivity contribution in [1.29, 1.82) is 0 Å². The van der Waals surface area contributed by atoms with Gasteiger partial charge in [0.2, 0.25) is 5.91 Å². The van der Waals surface area contributed by atoms with Crippen molar-refractivity contribution in [1.82, 2.24) is 9.88 Å². The molecule has 2 aliphatic rings. The molecule has 0 N–H and O–H groups in total. The Labute approximate surface area is 161 Å². The number of anilines is 1. The SMILES string of the molecule is COC(=O)C1CCN(C(=O)C2CN(c3nc4c(OC)cccc4s3)C2)CC1. The highest BCUT2D eigenvalue weighted by Gasteiger charge is 2.38. The second kappa shape index (κ2) is 7.34. The van der Waals surface area contributed by atoms with Gasteiger partial charge in [0.15, 0.2) is 5.13 Å². The van der Waals surface area contributed by atoms with Crippen LogP contribution in [0, 0.1) is 11.8 Å². The number of nitrogens with zero attached hydrogens (tertiary/aromatic N) is 3. The zero-order valence-electron chi connectivity index (χ0n) is 15.5. The Morgan fingerprint density at radius 3 is 2.56 bits per heavy atom. The molecule has 1 aromatic heterocycles. The highest BCUT2D eigenvalue weighted by Crippen LogP contribution is 2.37. The molecule has 4 rings (SSSR count). The summed E-state index contributed by atoms with van der Waals surface area (Å²) in [4.78, 5) is 33.1. The van der Waals surface area contributed by atoms with Crippen LogP contribution < -0.4 is 9.64 Å². The summed E-state index contributed by atoms with van der Waals surface area (Å²) in [6.45, 7) is 2.65. The first kappa shape index (κ1) is 18.0. The summed E-state index contributed by atoms with van der Waals surface area (Å²) in [5.74, 6) is 0.733. The lowest BCUT2D eigenvalue weighted by Crippen LogP contribution is -2.56. The van der Waals surface area contributed by atoms with Gasteiger partial charge in [-0.15, -0.1) is 0 Å². The number of piperidine rings is 1. The molecule has 1 aromatic carbocycles. The average Bonchev–Trinajstić information content (AvgIpc) is 3.09. The molecular formula is C19H23N3O4S. The third-order valence-corrected chi connectivity index (χ3v) is 6.51. The molecule has 0 saturated carbocycles. The number of carbonyl (C=O) groups excluding carboxylic acids is 2. The normalized spacial score (nSPS) is 18.4. The Morgan fingerprint density at radius 2 is 1.89 bits per heavy atom. The molecule has 0 spiro atoms. The second-order valence-corrected chi connectivity index (χ2v) is 8.04. The van der Waals surface area contributed by atoms with Crippen molar-refractivity contribution in [2.24, 2.45) is 11.8 Å². The van der Waals surface area contributed by atoms with Crippen LogP contribution in [0.25, 0.3) is 10.2 Å². The van der Waals surface area contributed by atoms with Crippen molar-refractivity contribution in [3.8, 4) is 5.75 Å². The van der Waals surface area contributed by atoms with E-state index >= 15 is 0 Å². The van der Waals surface area contributed by atoms with Crippen molar-refractivity contribution in [3.05, 3.63) is 18.2 Å². The van der Waals surface area contributed by atoms with Crippen LogP contribution in [0.15, 0.2) is 18.2 Å². The van der Waals surface area contributed by atoms with Gasteiger partial charge in [0.05, 0.1) is 30.8 Å². The number of esters is 1. The molecule has 0 aliphatic carbocycles. The number of hydrogen-bond acceptors (Lipinski definition) is 7. The molecule has 1 amide bonds. The Hall–Kier alpha value is -2.35. The van der Waals surface area contributed by atoms with Gasteiger partial charge in [-0.25, -0.2) is 4.98 Å². The first-order valence-electron chi connectivity index (χ1n) is 9.15. The number of thiazole rings is 1. The van der Waals surface area contributed by atoms with Crippen LogP contribution in [-0.4, -0.2) is 62.2 Å². The molecule has 2 fully saturated rings. The third kappa shape index (κ3) is 3.34. The number of benzene rings is 1. The van der Waals surface area contributed by atoms with Crippen LogP contribution in [0.4, 0.5) is 5.13 Å². The highest BCUT2D eigenvalue weighted by atomic mass is 32.1. The van der Waals surface area contributed by atoms with E-state index in [4.69, 9.17) is 14.5 Å². The van der Waals surface area contributed by atoms with E-state index in [1.165, 1.54) is 7.11 Å². The van der Waals surface area contributed by atoms with Crippen LogP contribution in [0.2, 0.25) is 0 Å². The van der Waals surface area contributed by atoms with Gasteiger partial charge < -0.3 is 19.3 Å². The molecule has 0 atom stereocenters. The van der Waals surface area contributed by atoms with E-state index in [1.54, 1.807) is 18.4 Å². The minimum atomic E-state index is -0.164.